The molecule has 0 saturated carbocycles. The summed E-state index contributed by atoms with van der Waals surface area (Å²) < 4.78 is 11.2. The van der Waals surface area contributed by atoms with Crippen LogP contribution < -0.4 is 4.90 Å². The van der Waals surface area contributed by atoms with Crippen LogP contribution in [0.25, 0.3) is 0 Å². The summed E-state index contributed by atoms with van der Waals surface area (Å²) in [7, 11) is -4.26. The van der Waals surface area contributed by atoms with Gasteiger partial charge in [-0.15, -0.1) is 0 Å². The molecule has 0 unspecified atom stereocenters. The monoisotopic (exact) mass is 282 g/mol. The lowest BCUT2D eigenvalue weighted by Crippen LogP contribution is -2.11. The molecule has 7 nitrogen and oxygen atoms in total. The van der Waals surface area contributed by atoms with E-state index < -0.39 is 12.5 Å². The van der Waals surface area contributed by atoms with Crippen molar-refractivity contribution in [3.8, 4) is 0 Å². The van der Waals surface area contributed by atoms with Gasteiger partial charge in [-0.2, -0.15) is 0 Å². The number of nitro benzene ring substituents is 1. The molecule has 1 aromatic carbocycles. The number of hydrogen-bond acceptors (Lipinski definition) is 4. The fraction of sp³-hybridized carbons (Fsp3) is 0.0909. The van der Waals surface area contributed by atoms with Crippen molar-refractivity contribution in [2.45, 2.75) is 6.42 Å². The van der Waals surface area contributed by atoms with Crippen LogP contribution >= 0.6 is 7.60 Å². The molecule has 0 spiro atoms. The molecule has 2 N–H and O–H groups in total. The van der Waals surface area contributed by atoms with Gasteiger partial charge in [-0.05, 0) is 12.1 Å². The maximum absolute atomic E-state index is 11.2. The number of allylic oxidation sites excluding steroid dienone is 2. The van der Waals surface area contributed by atoms with Crippen LogP contribution in [0.3, 0.4) is 0 Å². The van der Waals surface area contributed by atoms with Crippen LogP contribution in [-0.4, -0.2) is 14.7 Å². The summed E-state index contributed by atoms with van der Waals surface area (Å²) in [5.74, 6) is 0. The summed E-state index contributed by atoms with van der Waals surface area (Å²) in [5.41, 5.74) is 0.552. The lowest BCUT2D eigenvalue weighted by atomic mass is 10.2. The summed E-state index contributed by atoms with van der Waals surface area (Å²) in [6.07, 6.45) is 4.81. The zero-order valence-electron chi connectivity index (χ0n) is 9.71. The predicted molar refractivity (Wildman–Crippen MR) is 69.5 cm³/mol. The summed E-state index contributed by atoms with van der Waals surface area (Å²) in [4.78, 5) is 29.8. The molecule has 1 aliphatic heterocycles. The van der Waals surface area contributed by atoms with E-state index in [1.807, 2.05) is 0 Å². The van der Waals surface area contributed by atoms with Gasteiger partial charge in [0.15, 0.2) is 0 Å². The fourth-order valence-electron chi connectivity index (χ4n) is 1.64. The summed E-state index contributed by atoms with van der Waals surface area (Å²) in [5, 5.41) is 10.5. The van der Waals surface area contributed by atoms with Gasteiger partial charge in [0, 0.05) is 36.6 Å². The van der Waals surface area contributed by atoms with Gasteiger partial charge in [-0.3, -0.25) is 14.7 Å². The molecule has 0 amide bonds. The van der Waals surface area contributed by atoms with Crippen LogP contribution in [-0.2, 0) is 4.57 Å². The van der Waals surface area contributed by atoms with Crippen LogP contribution in [0, 0.1) is 10.1 Å². The minimum atomic E-state index is -4.26. The first kappa shape index (κ1) is 13.5. The zero-order valence-corrected chi connectivity index (χ0v) is 10.6. The van der Waals surface area contributed by atoms with E-state index in [0.717, 1.165) is 0 Å². The molecular formula is C11H11N2O5P. The van der Waals surface area contributed by atoms with Gasteiger partial charge in [-0.1, -0.05) is 6.08 Å². The van der Waals surface area contributed by atoms with E-state index >= 15 is 0 Å². The number of nitro groups is 1. The van der Waals surface area contributed by atoms with Crippen molar-refractivity contribution in [1.82, 2.24) is 0 Å². The molecule has 2 rings (SSSR count). The molecule has 0 aromatic heterocycles. The van der Waals surface area contributed by atoms with E-state index in [2.05, 4.69) is 0 Å². The Morgan fingerprint density at radius 1 is 1.26 bits per heavy atom. The Balaban J connectivity index is 2.29. The highest BCUT2D eigenvalue weighted by Crippen LogP contribution is 2.48. The van der Waals surface area contributed by atoms with E-state index in [1.54, 1.807) is 12.3 Å². The molecule has 0 fully saturated rings. The Kier molecular flexibility index (Phi) is 3.53. The molecule has 1 aromatic rings. The normalized spacial score (nSPS) is 15.3. The second-order valence-electron chi connectivity index (χ2n) is 3.93. The van der Waals surface area contributed by atoms with Gasteiger partial charge in [0.2, 0.25) is 0 Å². The van der Waals surface area contributed by atoms with Gasteiger partial charge < -0.3 is 14.7 Å². The first-order valence-electron chi connectivity index (χ1n) is 5.34. The molecule has 0 atom stereocenters. The minimum Gasteiger partial charge on any atom is -0.324 e. The Hall–Kier alpha value is -1.95. The molecule has 1 heterocycles. The summed E-state index contributed by atoms with van der Waals surface area (Å²) in [6, 6.07) is 5.70. The van der Waals surface area contributed by atoms with Crippen molar-refractivity contribution in [3.05, 3.63) is 58.2 Å². The van der Waals surface area contributed by atoms with E-state index in [0.29, 0.717) is 5.69 Å². The van der Waals surface area contributed by atoms with Crippen molar-refractivity contribution >= 4 is 19.0 Å². The standard InChI is InChI=1S/C11H11N2O5P/c14-13(15)10-5-3-9(4-6-10)12-7-1-2-11(8-12)19(16,17)18/h1,3-8H,2H2,(H2,16,17,18). The Labute approximate surface area is 108 Å². The third-order valence-corrected chi connectivity index (χ3v) is 3.66. The van der Waals surface area contributed by atoms with Crippen molar-refractivity contribution in [1.29, 1.82) is 0 Å². The number of rotatable bonds is 3. The predicted octanol–water partition coefficient (Wildman–Crippen LogP) is 2.34. The molecule has 1 aliphatic rings. The average Bonchev–Trinajstić information content (AvgIpc) is 2.38. The number of benzene rings is 1. The Bertz CT molecular complexity index is 602. The van der Waals surface area contributed by atoms with E-state index in [1.165, 1.54) is 35.4 Å². The average molecular weight is 282 g/mol. The second-order valence-corrected chi connectivity index (χ2v) is 5.60. The zero-order chi connectivity index (χ0) is 14.0. The van der Waals surface area contributed by atoms with Crippen LogP contribution in [0.5, 0.6) is 0 Å². The van der Waals surface area contributed by atoms with Crippen LogP contribution in [0.1, 0.15) is 6.42 Å². The summed E-state index contributed by atoms with van der Waals surface area (Å²) in [6.45, 7) is 0. The largest absolute Gasteiger partial charge is 0.354 e. The number of anilines is 1. The van der Waals surface area contributed by atoms with Crippen LogP contribution in [0.15, 0.2) is 48.1 Å². The van der Waals surface area contributed by atoms with Gasteiger partial charge >= 0.3 is 7.60 Å². The molecular weight excluding hydrogens is 271 g/mol. The molecule has 0 bridgehead atoms. The van der Waals surface area contributed by atoms with Gasteiger partial charge in [0.1, 0.15) is 0 Å². The van der Waals surface area contributed by atoms with Gasteiger partial charge in [0.05, 0.1) is 10.2 Å². The number of hydrogen-bond donors (Lipinski definition) is 2. The van der Waals surface area contributed by atoms with Crippen molar-refractivity contribution in [3.63, 3.8) is 0 Å². The molecule has 0 radical (unpaired) electrons. The lowest BCUT2D eigenvalue weighted by molar-refractivity contribution is -0.384. The lowest BCUT2D eigenvalue weighted by Gasteiger charge is -2.21. The molecule has 100 valence electrons. The maximum atomic E-state index is 11.2. The molecule has 0 saturated heterocycles. The van der Waals surface area contributed by atoms with E-state index in [4.69, 9.17) is 9.79 Å². The molecule has 8 heteroatoms. The third-order valence-electron chi connectivity index (χ3n) is 2.61. The quantitative estimate of drug-likeness (QED) is 0.501. The first-order valence-corrected chi connectivity index (χ1v) is 6.95. The maximum Gasteiger partial charge on any atom is 0.354 e. The first-order chi connectivity index (χ1) is 8.88. The highest BCUT2D eigenvalue weighted by Gasteiger charge is 2.22. The van der Waals surface area contributed by atoms with Gasteiger partial charge in [0.25, 0.3) is 5.69 Å². The Morgan fingerprint density at radius 2 is 1.89 bits per heavy atom. The van der Waals surface area contributed by atoms with Crippen molar-refractivity contribution in [2.24, 2.45) is 0 Å². The fourth-order valence-corrected chi connectivity index (χ4v) is 2.26. The highest BCUT2D eigenvalue weighted by molar-refractivity contribution is 7.56. The van der Waals surface area contributed by atoms with Crippen LogP contribution in [0.2, 0.25) is 0 Å². The summed E-state index contributed by atoms with van der Waals surface area (Å²) >= 11 is 0. The minimum absolute atomic E-state index is 0.00773. The number of nitrogens with zero attached hydrogens (tertiary/aromatic N) is 2. The molecule has 0 aliphatic carbocycles. The van der Waals surface area contributed by atoms with Crippen LogP contribution in [0.4, 0.5) is 11.4 Å². The van der Waals surface area contributed by atoms with E-state index in [9.17, 15) is 14.7 Å². The molecule has 19 heavy (non-hydrogen) atoms. The SMILES string of the molecule is O=[N+]([O-])c1ccc(N2C=CCC(P(=O)(O)O)=C2)cc1. The smallest absolute Gasteiger partial charge is 0.324 e. The second kappa shape index (κ2) is 4.97. The van der Waals surface area contributed by atoms with Crippen molar-refractivity contribution in [2.75, 3.05) is 4.90 Å². The topological polar surface area (TPSA) is 104 Å². The number of non-ortho nitro benzene ring substituents is 1. The van der Waals surface area contributed by atoms with Crippen molar-refractivity contribution < 1.29 is 19.3 Å². The third kappa shape index (κ3) is 3.08. The van der Waals surface area contributed by atoms with E-state index in [-0.39, 0.29) is 17.4 Å². The highest BCUT2D eigenvalue weighted by atomic mass is 31.2. The van der Waals surface area contributed by atoms with Gasteiger partial charge in [-0.25, -0.2) is 0 Å². The Morgan fingerprint density at radius 3 is 2.42 bits per heavy atom.